The van der Waals surface area contributed by atoms with E-state index in [0.717, 1.165) is 39.4 Å². The number of pyridine rings is 2. The van der Waals surface area contributed by atoms with Crippen LogP contribution in [-0.4, -0.2) is 9.97 Å². The number of rotatable bonds is 4. The molecule has 0 spiro atoms. The smallest absolute Gasteiger partial charge is 0.128 e. The van der Waals surface area contributed by atoms with Crippen LogP contribution in [0.2, 0.25) is 0 Å². The molecule has 0 amide bonds. The summed E-state index contributed by atoms with van der Waals surface area (Å²) in [5, 5.41) is 2.30. The first-order chi connectivity index (χ1) is 14.4. The van der Waals surface area contributed by atoms with Crippen molar-refractivity contribution in [2.75, 3.05) is 0 Å². The molecule has 0 bridgehead atoms. The number of fused-ring (bicyclic) bond motifs is 1. The van der Waals surface area contributed by atoms with Crippen LogP contribution in [0.15, 0.2) is 109 Å². The molecule has 2 aromatic heterocycles. The molecule has 5 aromatic rings. The van der Waals surface area contributed by atoms with E-state index < -0.39 is 0 Å². The Morgan fingerprint density at radius 2 is 1.31 bits per heavy atom. The second-order valence-electron chi connectivity index (χ2n) is 6.75. The Labute approximate surface area is 169 Å². The molecule has 29 heavy (non-hydrogen) atoms. The first kappa shape index (κ1) is 17.1. The molecular weight excluding hydrogens is 356 g/mol. The van der Waals surface area contributed by atoms with Crippen molar-refractivity contribution in [1.29, 1.82) is 0 Å². The van der Waals surface area contributed by atoms with Gasteiger partial charge in [-0.15, -0.1) is 0 Å². The van der Waals surface area contributed by atoms with Crippen molar-refractivity contribution in [3.05, 3.63) is 109 Å². The lowest BCUT2D eigenvalue weighted by molar-refractivity contribution is 0.483. The van der Waals surface area contributed by atoms with Crippen molar-refractivity contribution in [3.8, 4) is 34.0 Å². The van der Waals surface area contributed by atoms with E-state index in [1.807, 2.05) is 85.1 Å². The highest BCUT2D eigenvalue weighted by Crippen LogP contribution is 2.31. The lowest BCUT2D eigenvalue weighted by atomic mass is 10.0. The number of nitrogens with zero attached hydrogens (tertiary/aromatic N) is 2. The maximum Gasteiger partial charge on any atom is 0.128 e. The largest absolute Gasteiger partial charge is 0.457 e. The fourth-order valence-electron chi connectivity index (χ4n) is 3.45. The van der Waals surface area contributed by atoms with Crippen LogP contribution in [0.5, 0.6) is 11.5 Å². The minimum absolute atomic E-state index is 0.774. The Morgan fingerprint density at radius 3 is 2.14 bits per heavy atom. The third kappa shape index (κ3) is 3.58. The van der Waals surface area contributed by atoms with E-state index >= 15 is 0 Å². The van der Waals surface area contributed by atoms with Crippen LogP contribution in [0.1, 0.15) is 0 Å². The summed E-state index contributed by atoms with van der Waals surface area (Å²) in [6.45, 7) is 0. The summed E-state index contributed by atoms with van der Waals surface area (Å²) in [5.74, 6) is 1.55. The van der Waals surface area contributed by atoms with Crippen molar-refractivity contribution in [2.45, 2.75) is 0 Å². The van der Waals surface area contributed by atoms with Crippen LogP contribution in [0.4, 0.5) is 0 Å². The van der Waals surface area contributed by atoms with Gasteiger partial charge >= 0.3 is 0 Å². The summed E-state index contributed by atoms with van der Waals surface area (Å²) in [6, 6.07) is 32.2. The molecule has 0 unspecified atom stereocenters. The van der Waals surface area contributed by atoms with Gasteiger partial charge in [-0.05, 0) is 47.9 Å². The van der Waals surface area contributed by atoms with Crippen LogP contribution in [0.3, 0.4) is 0 Å². The average Bonchev–Trinajstić information content (AvgIpc) is 2.80. The van der Waals surface area contributed by atoms with E-state index in [-0.39, 0.29) is 0 Å². The second kappa shape index (κ2) is 7.56. The van der Waals surface area contributed by atoms with E-state index in [1.54, 1.807) is 6.20 Å². The van der Waals surface area contributed by atoms with Gasteiger partial charge in [0.1, 0.15) is 11.5 Å². The molecule has 0 fully saturated rings. The standard InChI is InChI=1S/C26H18N2O/c1-2-12-24-19(7-1)14-16-28-26(24)21-9-6-11-23(18-21)29-22-10-5-8-20(17-22)25-13-3-4-15-27-25/h1-18H. The zero-order valence-electron chi connectivity index (χ0n) is 15.7. The van der Waals surface area contributed by atoms with Crippen LogP contribution in [-0.2, 0) is 0 Å². The third-order valence-corrected chi connectivity index (χ3v) is 4.81. The fraction of sp³-hybridized carbons (Fsp3) is 0. The lowest BCUT2D eigenvalue weighted by Crippen LogP contribution is -1.89. The first-order valence-corrected chi connectivity index (χ1v) is 9.50. The number of hydrogen-bond donors (Lipinski definition) is 0. The maximum absolute atomic E-state index is 6.16. The molecule has 0 atom stereocenters. The molecule has 3 aromatic carbocycles. The summed E-state index contributed by atoms with van der Waals surface area (Å²) < 4.78 is 6.16. The van der Waals surface area contributed by atoms with E-state index in [2.05, 4.69) is 28.2 Å². The van der Waals surface area contributed by atoms with E-state index in [1.165, 1.54) is 5.39 Å². The van der Waals surface area contributed by atoms with Crippen molar-refractivity contribution >= 4 is 10.8 Å². The molecule has 0 aliphatic rings. The minimum Gasteiger partial charge on any atom is -0.457 e. The van der Waals surface area contributed by atoms with Crippen molar-refractivity contribution in [3.63, 3.8) is 0 Å². The lowest BCUT2D eigenvalue weighted by Gasteiger charge is -2.10. The summed E-state index contributed by atoms with van der Waals surface area (Å²) >= 11 is 0. The van der Waals surface area contributed by atoms with Gasteiger partial charge in [0.2, 0.25) is 0 Å². The Balaban J connectivity index is 1.48. The van der Waals surface area contributed by atoms with Gasteiger partial charge in [0, 0.05) is 28.9 Å². The summed E-state index contributed by atoms with van der Waals surface area (Å²) in [6.07, 6.45) is 3.64. The molecule has 3 nitrogen and oxygen atoms in total. The third-order valence-electron chi connectivity index (χ3n) is 4.81. The number of aromatic nitrogens is 2. The second-order valence-corrected chi connectivity index (χ2v) is 6.75. The predicted octanol–water partition coefficient (Wildman–Crippen LogP) is 6.76. The average molecular weight is 374 g/mol. The molecule has 3 heteroatoms. The van der Waals surface area contributed by atoms with Crippen molar-refractivity contribution < 1.29 is 4.74 Å². The van der Waals surface area contributed by atoms with Crippen LogP contribution >= 0.6 is 0 Å². The van der Waals surface area contributed by atoms with E-state index in [4.69, 9.17) is 4.74 Å². The molecule has 0 aliphatic heterocycles. The van der Waals surface area contributed by atoms with Gasteiger partial charge in [-0.1, -0.05) is 54.6 Å². The molecule has 0 radical (unpaired) electrons. The fourth-order valence-corrected chi connectivity index (χ4v) is 3.45. The molecule has 2 heterocycles. The Bertz CT molecular complexity index is 1280. The predicted molar refractivity (Wildman–Crippen MR) is 117 cm³/mol. The Kier molecular flexibility index (Phi) is 4.47. The van der Waals surface area contributed by atoms with Crippen LogP contribution < -0.4 is 4.74 Å². The van der Waals surface area contributed by atoms with Gasteiger partial charge in [-0.2, -0.15) is 0 Å². The zero-order valence-corrected chi connectivity index (χ0v) is 15.7. The summed E-state index contributed by atoms with van der Waals surface area (Å²) in [4.78, 5) is 9.03. The van der Waals surface area contributed by atoms with Gasteiger partial charge in [0.25, 0.3) is 0 Å². The first-order valence-electron chi connectivity index (χ1n) is 9.50. The molecule has 0 saturated carbocycles. The molecule has 138 valence electrons. The van der Waals surface area contributed by atoms with Crippen molar-refractivity contribution in [1.82, 2.24) is 9.97 Å². The van der Waals surface area contributed by atoms with E-state index in [0.29, 0.717) is 0 Å². The summed E-state index contributed by atoms with van der Waals surface area (Å²) in [5.41, 5.74) is 3.93. The number of ether oxygens (including phenoxy) is 1. The molecule has 0 aliphatic carbocycles. The highest BCUT2D eigenvalue weighted by atomic mass is 16.5. The van der Waals surface area contributed by atoms with Gasteiger partial charge in [0.15, 0.2) is 0 Å². The molecule has 0 saturated heterocycles. The monoisotopic (exact) mass is 374 g/mol. The highest BCUT2D eigenvalue weighted by molar-refractivity contribution is 5.94. The maximum atomic E-state index is 6.16. The number of benzene rings is 3. The zero-order chi connectivity index (χ0) is 19.5. The van der Waals surface area contributed by atoms with Gasteiger partial charge in [0.05, 0.1) is 11.4 Å². The molecular formula is C26H18N2O. The topological polar surface area (TPSA) is 35.0 Å². The Morgan fingerprint density at radius 1 is 0.552 bits per heavy atom. The summed E-state index contributed by atoms with van der Waals surface area (Å²) in [7, 11) is 0. The highest BCUT2D eigenvalue weighted by Gasteiger charge is 2.07. The molecule has 5 rings (SSSR count). The van der Waals surface area contributed by atoms with Crippen LogP contribution in [0.25, 0.3) is 33.3 Å². The van der Waals surface area contributed by atoms with Crippen molar-refractivity contribution in [2.24, 2.45) is 0 Å². The van der Waals surface area contributed by atoms with Gasteiger partial charge in [-0.3, -0.25) is 9.97 Å². The Hall–Kier alpha value is -3.98. The minimum atomic E-state index is 0.774. The normalized spacial score (nSPS) is 10.8. The van der Waals surface area contributed by atoms with E-state index in [9.17, 15) is 0 Å². The number of hydrogen-bond acceptors (Lipinski definition) is 3. The molecule has 0 N–H and O–H groups in total. The quantitative estimate of drug-likeness (QED) is 0.349. The SMILES string of the molecule is c1ccc(-c2cccc(Oc3cccc(-c4nccc5ccccc45)c3)c2)nc1. The van der Waals surface area contributed by atoms with Gasteiger partial charge in [-0.25, -0.2) is 0 Å². The van der Waals surface area contributed by atoms with Gasteiger partial charge < -0.3 is 4.74 Å². The van der Waals surface area contributed by atoms with Crippen LogP contribution in [0, 0.1) is 0 Å².